The molecule has 1 unspecified atom stereocenters. The van der Waals surface area contributed by atoms with Crippen LogP contribution < -0.4 is 10.6 Å². The molecule has 106 valence electrons. The maximum atomic E-state index is 11.8. The summed E-state index contributed by atoms with van der Waals surface area (Å²) in [7, 11) is 0. The second-order valence-corrected chi connectivity index (χ2v) is 4.72. The Bertz CT molecular complexity index is 382. The maximum Gasteiger partial charge on any atom is 0.225 e. The Kier molecular flexibility index (Phi) is 6.84. The Balaban J connectivity index is 0.00000180. The summed E-state index contributed by atoms with van der Waals surface area (Å²) >= 11 is 0. The quantitative estimate of drug-likeness (QED) is 0.728. The van der Waals surface area contributed by atoms with Crippen molar-refractivity contribution >= 4 is 18.3 Å². The number of rotatable bonds is 6. The highest BCUT2D eigenvalue weighted by atomic mass is 35.5. The molecule has 1 amide bonds. The zero-order valence-electron chi connectivity index (χ0n) is 10.8. The molecule has 3 N–H and O–H groups in total. The molecule has 1 fully saturated rings. The molecule has 0 aromatic heterocycles. The highest BCUT2D eigenvalue weighted by Gasteiger charge is 2.25. The number of hydrogen-bond donors (Lipinski definition) is 3. The molecule has 1 heterocycles. The molecule has 1 aromatic rings. The van der Waals surface area contributed by atoms with E-state index in [9.17, 15) is 4.79 Å². The fourth-order valence-electron chi connectivity index (χ4n) is 2.11. The van der Waals surface area contributed by atoms with Crippen molar-refractivity contribution in [3.8, 4) is 0 Å². The fraction of sp³-hybridized carbons (Fsp3) is 0.500. The molecule has 19 heavy (non-hydrogen) atoms. The van der Waals surface area contributed by atoms with E-state index in [-0.39, 0.29) is 36.8 Å². The van der Waals surface area contributed by atoms with Crippen LogP contribution in [0.25, 0.3) is 0 Å². The van der Waals surface area contributed by atoms with Crippen molar-refractivity contribution in [1.82, 2.24) is 10.6 Å². The third kappa shape index (κ3) is 4.49. The molecule has 0 radical (unpaired) electrons. The fourth-order valence-corrected chi connectivity index (χ4v) is 2.11. The number of halogens is 1. The molecule has 0 bridgehead atoms. The molecule has 5 heteroatoms. The van der Waals surface area contributed by atoms with E-state index in [0.717, 1.165) is 13.1 Å². The molecule has 4 nitrogen and oxygen atoms in total. The normalized spacial score (nSPS) is 16.1. The van der Waals surface area contributed by atoms with Gasteiger partial charge in [0.25, 0.3) is 0 Å². The number of carbonyl (C=O) groups excluding carboxylic acids is 1. The van der Waals surface area contributed by atoms with Gasteiger partial charge in [-0.25, -0.2) is 0 Å². The molecule has 2 rings (SSSR count). The molecule has 1 aliphatic rings. The molecule has 1 atom stereocenters. The number of benzene rings is 1. The van der Waals surface area contributed by atoms with E-state index in [4.69, 9.17) is 5.11 Å². The van der Waals surface area contributed by atoms with E-state index in [1.165, 1.54) is 5.56 Å². The Hall–Kier alpha value is -1.10. The minimum atomic E-state index is 0. The summed E-state index contributed by atoms with van der Waals surface area (Å²) in [5, 5.41) is 15.2. The minimum Gasteiger partial charge on any atom is -0.396 e. The highest BCUT2D eigenvalue weighted by molar-refractivity contribution is 5.85. The summed E-state index contributed by atoms with van der Waals surface area (Å²) in [4.78, 5) is 11.8. The lowest BCUT2D eigenvalue weighted by atomic mass is 9.95. The van der Waals surface area contributed by atoms with Crippen LogP contribution in [-0.4, -0.2) is 37.3 Å². The van der Waals surface area contributed by atoms with Crippen molar-refractivity contribution in [2.24, 2.45) is 5.92 Å². The first kappa shape index (κ1) is 16.0. The van der Waals surface area contributed by atoms with Crippen molar-refractivity contribution in [1.29, 1.82) is 0 Å². The van der Waals surface area contributed by atoms with Gasteiger partial charge in [0.2, 0.25) is 5.91 Å². The van der Waals surface area contributed by atoms with E-state index in [2.05, 4.69) is 10.6 Å². The lowest BCUT2D eigenvalue weighted by Crippen LogP contribution is -2.51. The summed E-state index contributed by atoms with van der Waals surface area (Å²) in [5.41, 5.74) is 1.17. The smallest absolute Gasteiger partial charge is 0.225 e. The number of amides is 1. The number of aliphatic hydroxyl groups is 1. The summed E-state index contributed by atoms with van der Waals surface area (Å²) in [5.74, 6) is 0.427. The summed E-state index contributed by atoms with van der Waals surface area (Å²) in [6, 6.07) is 10.0. The van der Waals surface area contributed by atoms with E-state index < -0.39 is 0 Å². The van der Waals surface area contributed by atoms with Crippen molar-refractivity contribution in [3.63, 3.8) is 0 Å². The molecule has 1 aromatic carbocycles. The van der Waals surface area contributed by atoms with Gasteiger partial charge in [0.1, 0.15) is 0 Å². The summed E-state index contributed by atoms with van der Waals surface area (Å²) in [6.07, 6.45) is 0.674. The average Bonchev–Trinajstić information content (AvgIpc) is 2.33. The third-order valence-electron chi connectivity index (χ3n) is 3.42. The van der Waals surface area contributed by atoms with E-state index in [0.29, 0.717) is 13.0 Å². The van der Waals surface area contributed by atoms with Gasteiger partial charge in [-0.2, -0.15) is 0 Å². The first-order valence-electron chi connectivity index (χ1n) is 6.45. The maximum absolute atomic E-state index is 11.8. The van der Waals surface area contributed by atoms with Crippen LogP contribution in [0.5, 0.6) is 0 Å². The Morgan fingerprint density at radius 1 is 1.37 bits per heavy atom. The first-order chi connectivity index (χ1) is 8.81. The molecule has 0 aliphatic carbocycles. The molecule has 0 spiro atoms. The van der Waals surface area contributed by atoms with Gasteiger partial charge in [0, 0.05) is 32.2 Å². The van der Waals surface area contributed by atoms with Crippen molar-refractivity contribution < 1.29 is 9.90 Å². The van der Waals surface area contributed by atoms with Gasteiger partial charge in [-0.15, -0.1) is 12.4 Å². The van der Waals surface area contributed by atoms with Crippen LogP contribution in [0.2, 0.25) is 0 Å². The van der Waals surface area contributed by atoms with Crippen molar-refractivity contribution in [3.05, 3.63) is 35.9 Å². The first-order valence-corrected chi connectivity index (χ1v) is 6.45. The zero-order valence-corrected chi connectivity index (χ0v) is 11.7. The van der Waals surface area contributed by atoms with E-state index >= 15 is 0 Å². The van der Waals surface area contributed by atoms with Crippen molar-refractivity contribution in [2.75, 3.05) is 26.2 Å². The molecule has 1 aliphatic heterocycles. The van der Waals surface area contributed by atoms with E-state index in [1.54, 1.807) is 0 Å². The predicted octanol–water partition coefficient (Wildman–Crippen LogP) is 0.910. The minimum absolute atomic E-state index is 0. The van der Waals surface area contributed by atoms with E-state index in [1.807, 2.05) is 30.3 Å². The van der Waals surface area contributed by atoms with Gasteiger partial charge >= 0.3 is 0 Å². The topological polar surface area (TPSA) is 61.4 Å². The zero-order chi connectivity index (χ0) is 12.8. The van der Waals surface area contributed by atoms with Crippen LogP contribution in [0.15, 0.2) is 30.3 Å². The number of nitrogens with one attached hydrogen (secondary N) is 2. The van der Waals surface area contributed by atoms with Crippen LogP contribution in [0, 0.1) is 5.92 Å². The van der Waals surface area contributed by atoms with Gasteiger partial charge in [0.15, 0.2) is 0 Å². The number of hydrogen-bond acceptors (Lipinski definition) is 3. The molecule has 0 saturated carbocycles. The van der Waals surface area contributed by atoms with Gasteiger partial charge in [-0.05, 0) is 12.0 Å². The molecule has 1 saturated heterocycles. The van der Waals surface area contributed by atoms with Gasteiger partial charge < -0.3 is 15.7 Å². The second kappa shape index (κ2) is 8.15. The Morgan fingerprint density at radius 3 is 2.58 bits per heavy atom. The number of aliphatic hydroxyl groups excluding tert-OH is 1. The van der Waals surface area contributed by atoms with Gasteiger partial charge in [-0.3, -0.25) is 4.79 Å². The standard InChI is InChI=1S/C14H20N2O2.ClH/c17-7-6-12(11-4-2-1-3-5-11)10-16-14(18)13-8-15-9-13;/h1-5,12-13,15,17H,6-10H2,(H,16,18);1H. The van der Waals surface area contributed by atoms with Gasteiger partial charge in [0.05, 0.1) is 5.92 Å². The average molecular weight is 285 g/mol. The van der Waals surface area contributed by atoms with Crippen LogP contribution in [-0.2, 0) is 4.79 Å². The lowest BCUT2D eigenvalue weighted by Gasteiger charge is -2.27. The Morgan fingerprint density at radius 2 is 2.05 bits per heavy atom. The Labute approximate surface area is 120 Å². The lowest BCUT2D eigenvalue weighted by molar-refractivity contribution is -0.126. The number of carbonyl (C=O) groups is 1. The molecular weight excluding hydrogens is 264 g/mol. The van der Waals surface area contributed by atoms with Crippen LogP contribution in [0.1, 0.15) is 17.9 Å². The summed E-state index contributed by atoms with van der Waals surface area (Å²) in [6.45, 7) is 2.30. The SMILES string of the molecule is Cl.O=C(NCC(CCO)c1ccccc1)C1CNC1. The predicted molar refractivity (Wildman–Crippen MR) is 77.5 cm³/mol. The monoisotopic (exact) mass is 284 g/mol. The largest absolute Gasteiger partial charge is 0.396 e. The second-order valence-electron chi connectivity index (χ2n) is 4.72. The van der Waals surface area contributed by atoms with Crippen LogP contribution >= 0.6 is 12.4 Å². The van der Waals surface area contributed by atoms with Crippen LogP contribution in [0.3, 0.4) is 0 Å². The highest BCUT2D eigenvalue weighted by Crippen LogP contribution is 2.18. The van der Waals surface area contributed by atoms with Gasteiger partial charge in [-0.1, -0.05) is 30.3 Å². The summed E-state index contributed by atoms with van der Waals surface area (Å²) < 4.78 is 0. The molecular formula is C14H21ClN2O2. The van der Waals surface area contributed by atoms with Crippen molar-refractivity contribution in [2.45, 2.75) is 12.3 Å². The third-order valence-corrected chi connectivity index (χ3v) is 3.42. The van der Waals surface area contributed by atoms with Crippen LogP contribution in [0.4, 0.5) is 0 Å².